The van der Waals surface area contributed by atoms with Crippen LogP contribution in [0.4, 0.5) is 0 Å². The Morgan fingerprint density at radius 3 is 2.71 bits per heavy atom. The highest BCUT2D eigenvalue weighted by atomic mass is 16.5. The van der Waals surface area contributed by atoms with Crippen molar-refractivity contribution < 1.29 is 9.53 Å². The minimum atomic E-state index is 0.0446. The Hall–Kier alpha value is -3.27. The second kappa shape index (κ2) is 7.04. The van der Waals surface area contributed by atoms with Crippen LogP contribution >= 0.6 is 0 Å². The molecule has 0 spiro atoms. The van der Waals surface area contributed by atoms with Gasteiger partial charge in [0, 0.05) is 29.7 Å². The van der Waals surface area contributed by atoms with E-state index in [1.54, 1.807) is 0 Å². The van der Waals surface area contributed by atoms with Crippen LogP contribution < -0.4 is 4.74 Å². The van der Waals surface area contributed by atoms with Crippen molar-refractivity contribution in [3.63, 3.8) is 0 Å². The summed E-state index contributed by atoms with van der Waals surface area (Å²) in [6.45, 7) is 0.692. The van der Waals surface area contributed by atoms with Crippen molar-refractivity contribution >= 4 is 27.6 Å². The largest absolute Gasteiger partial charge is 0.484 e. The first-order chi connectivity index (χ1) is 13.8. The number of ether oxygens (including phenoxy) is 1. The van der Waals surface area contributed by atoms with E-state index >= 15 is 0 Å². The highest BCUT2D eigenvalue weighted by Gasteiger charge is 2.33. The van der Waals surface area contributed by atoms with Crippen molar-refractivity contribution in [2.45, 2.75) is 25.4 Å². The quantitative estimate of drug-likeness (QED) is 0.525. The number of aromatic nitrogens is 1. The van der Waals surface area contributed by atoms with Crippen molar-refractivity contribution in [3.05, 3.63) is 78.5 Å². The van der Waals surface area contributed by atoms with Crippen LogP contribution in [0.2, 0.25) is 0 Å². The number of hydrogen-bond acceptors (Lipinski definition) is 2. The summed E-state index contributed by atoms with van der Waals surface area (Å²) in [5, 5.41) is 3.46. The third-order valence-corrected chi connectivity index (χ3v) is 5.42. The van der Waals surface area contributed by atoms with E-state index in [1.807, 2.05) is 47.5 Å². The van der Waals surface area contributed by atoms with Crippen LogP contribution in [-0.2, 0) is 11.3 Å². The summed E-state index contributed by atoms with van der Waals surface area (Å²) >= 11 is 0. The van der Waals surface area contributed by atoms with E-state index in [4.69, 9.17) is 4.74 Å². The van der Waals surface area contributed by atoms with E-state index in [1.165, 1.54) is 16.3 Å². The van der Waals surface area contributed by atoms with Gasteiger partial charge in [0.15, 0.2) is 6.61 Å². The lowest BCUT2D eigenvalue weighted by molar-refractivity contribution is -0.134. The van der Waals surface area contributed by atoms with Crippen LogP contribution in [0.15, 0.2) is 72.9 Å². The minimum absolute atomic E-state index is 0.0446. The SMILES string of the molecule is O=C(COc1ccc2ccccc2c1)N(Cc1cccc2[nH]ccc12)C1CC1. The normalized spacial score (nSPS) is 13.7. The summed E-state index contributed by atoms with van der Waals surface area (Å²) in [7, 11) is 0. The van der Waals surface area contributed by atoms with Crippen LogP contribution in [-0.4, -0.2) is 28.4 Å². The average Bonchev–Trinajstić information content (AvgIpc) is 3.45. The molecule has 1 N–H and O–H groups in total. The molecule has 3 aromatic carbocycles. The number of nitrogens with zero attached hydrogens (tertiary/aromatic N) is 1. The summed E-state index contributed by atoms with van der Waals surface area (Å²) in [6, 6.07) is 22.7. The summed E-state index contributed by atoms with van der Waals surface area (Å²) in [6.07, 6.45) is 4.09. The Labute approximate surface area is 163 Å². The Bertz CT molecular complexity index is 1140. The molecule has 0 radical (unpaired) electrons. The number of carbonyl (C=O) groups is 1. The topological polar surface area (TPSA) is 45.3 Å². The molecule has 28 heavy (non-hydrogen) atoms. The number of benzene rings is 3. The van der Waals surface area contributed by atoms with Crippen molar-refractivity contribution in [1.82, 2.24) is 9.88 Å². The van der Waals surface area contributed by atoms with Crippen LogP contribution in [0, 0.1) is 0 Å². The third kappa shape index (κ3) is 3.33. The zero-order valence-corrected chi connectivity index (χ0v) is 15.6. The van der Waals surface area contributed by atoms with Gasteiger partial charge in [-0.2, -0.15) is 0 Å². The molecule has 5 rings (SSSR count). The second-order valence-electron chi connectivity index (χ2n) is 7.41. The molecule has 0 aliphatic heterocycles. The van der Waals surface area contributed by atoms with Gasteiger partial charge < -0.3 is 14.6 Å². The maximum absolute atomic E-state index is 12.9. The van der Waals surface area contributed by atoms with Gasteiger partial charge in [0.25, 0.3) is 5.91 Å². The highest BCUT2D eigenvalue weighted by Crippen LogP contribution is 2.30. The molecule has 0 saturated heterocycles. The number of H-pyrrole nitrogens is 1. The maximum atomic E-state index is 12.9. The Kier molecular flexibility index (Phi) is 4.24. The monoisotopic (exact) mass is 370 g/mol. The Balaban J connectivity index is 1.31. The zero-order chi connectivity index (χ0) is 18.9. The molecule has 1 aliphatic carbocycles. The predicted molar refractivity (Wildman–Crippen MR) is 111 cm³/mol. The van der Waals surface area contributed by atoms with E-state index in [0.717, 1.165) is 29.5 Å². The van der Waals surface area contributed by atoms with Crippen molar-refractivity contribution in [3.8, 4) is 5.75 Å². The molecular formula is C24H22N2O2. The highest BCUT2D eigenvalue weighted by molar-refractivity contribution is 5.85. The fraction of sp³-hybridized carbons (Fsp3) is 0.208. The maximum Gasteiger partial charge on any atom is 0.261 e. The average molecular weight is 370 g/mol. The molecule has 1 fully saturated rings. The predicted octanol–water partition coefficient (Wildman–Crippen LogP) is 4.89. The van der Waals surface area contributed by atoms with Crippen LogP contribution in [0.5, 0.6) is 5.75 Å². The lowest BCUT2D eigenvalue weighted by Crippen LogP contribution is -2.36. The molecule has 0 bridgehead atoms. The van der Waals surface area contributed by atoms with E-state index in [-0.39, 0.29) is 12.5 Å². The molecule has 1 aromatic heterocycles. The number of rotatable bonds is 6. The first kappa shape index (κ1) is 16.9. The molecule has 4 heteroatoms. The van der Waals surface area contributed by atoms with Crippen molar-refractivity contribution in [2.75, 3.05) is 6.61 Å². The lowest BCUT2D eigenvalue weighted by Gasteiger charge is -2.23. The standard InChI is InChI=1S/C24H22N2O2/c27-24(16-28-21-11-8-17-4-1-2-5-18(17)14-21)26(20-9-10-20)15-19-6-3-7-23-22(19)12-13-25-23/h1-8,11-14,20,25H,9-10,15-16H2. The molecule has 1 amide bonds. The van der Waals surface area contributed by atoms with Crippen LogP contribution in [0.1, 0.15) is 18.4 Å². The van der Waals surface area contributed by atoms with Gasteiger partial charge in [-0.1, -0.05) is 42.5 Å². The fourth-order valence-electron chi connectivity index (χ4n) is 3.76. The summed E-state index contributed by atoms with van der Waals surface area (Å²) in [5.41, 5.74) is 2.28. The van der Waals surface area contributed by atoms with Gasteiger partial charge in [0.1, 0.15) is 5.75 Å². The molecular weight excluding hydrogens is 348 g/mol. The van der Waals surface area contributed by atoms with E-state index in [2.05, 4.69) is 35.3 Å². The van der Waals surface area contributed by atoms with Crippen molar-refractivity contribution in [2.24, 2.45) is 0 Å². The number of amides is 1. The van der Waals surface area contributed by atoms with Gasteiger partial charge in [-0.3, -0.25) is 4.79 Å². The van der Waals surface area contributed by atoms with E-state index in [0.29, 0.717) is 12.6 Å². The number of fused-ring (bicyclic) bond motifs is 2. The summed E-state index contributed by atoms with van der Waals surface area (Å²) in [5.74, 6) is 0.777. The van der Waals surface area contributed by atoms with Crippen LogP contribution in [0.3, 0.4) is 0 Å². The molecule has 0 unspecified atom stereocenters. The van der Waals surface area contributed by atoms with Gasteiger partial charge in [-0.05, 0) is 53.4 Å². The lowest BCUT2D eigenvalue weighted by atomic mass is 10.1. The summed E-state index contributed by atoms with van der Waals surface area (Å²) < 4.78 is 5.85. The zero-order valence-electron chi connectivity index (χ0n) is 15.6. The number of carbonyl (C=O) groups excluding carboxylic acids is 1. The minimum Gasteiger partial charge on any atom is -0.484 e. The third-order valence-electron chi connectivity index (χ3n) is 5.42. The molecule has 4 aromatic rings. The Morgan fingerprint density at radius 1 is 1.00 bits per heavy atom. The first-order valence-corrected chi connectivity index (χ1v) is 9.74. The van der Waals surface area contributed by atoms with Gasteiger partial charge in [-0.15, -0.1) is 0 Å². The molecule has 1 saturated carbocycles. The summed E-state index contributed by atoms with van der Waals surface area (Å²) in [4.78, 5) is 18.1. The molecule has 1 heterocycles. The van der Waals surface area contributed by atoms with E-state index in [9.17, 15) is 4.79 Å². The smallest absolute Gasteiger partial charge is 0.261 e. The van der Waals surface area contributed by atoms with Crippen LogP contribution in [0.25, 0.3) is 21.7 Å². The molecule has 0 atom stereocenters. The Morgan fingerprint density at radius 2 is 1.86 bits per heavy atom. The van der Waals surface area contributed by atoms with E-state index < -0.39 is 0 Å². The first-order valence-electron chi connectivity index (χ1n) is 9.74. The van der Waals surface area contributed by atoms with Crippen molar-refractivity contribution in [1.29, 1.82) is 0 Å². The molecule has 4 nitrogen and oxygen atoms in total. The fourth-order valence-corrected chi connectivity index (χ4v) is 3.76. The second-order valence-corrected chi connectivity index (χ2v) is 7.41. The molecule has 140 valence electrons. The number of hydrogen-bond donors (Lipinski definition) is 1. The van der Waals surface area contributed by atoms with Gasteiger partial charge in [0.2, 0.25) is 0 Å². The van der Waals surface area contributed by atoms with Gasteiger partial charge >= 0.3 is 0 Å². The number of aromatic amines is 1. The van der Waals surface area contributed by atoms with Gasteiger partial charge in [-0.25, -0.2) is 0 Å². The number of nitrogens with one attached hydrogen (secondary N) is 1. The molecule has 1 aliphatic rings. The van der Waals surface area contributed by atoms with Gasteiger partial charge in [0.05, 0.1) is 0 Å².